The molecule has 0 atom stereocenters. The van der Waals surface area contributed by atoms with Crippen LogP contribution in [0.25, 0.3) is 6.08 Å². The quantitative estimate of drug-likeness (QED) is 0.868. The molecule has 5 heteroatoms. The van der Waals surface area contributed by atoms with E-state index in [0.29, 0.717) is 5.69 Å². The highest BCUT2D eigenvalue weighted by atomic mass is 16.5. The zero-order chi connectivity index (χ0) is 17.6. The largest absolute Gasteiger partial charge is 0.476 e. The van der Waals surface area contributed by atoms with Crippen LogP contribution in [0.4, 0.5) is 5.69 Å². The molecule has 0 saturated carbocycles. The van der Waals surface area contributed by atoms with E-state index in [1.807, 2.05) is 42.5 Å². The maximum atomic E-state index is 12.4. The lowest BCUT2D eigenvalue weighted by atomic mass is 10.1. The van der Waals surface area contributed by atoms with Gasteiger partial charge in [0.25, 0.3) is 0 Å². The maximum Gasteiger partial charge on any atom is 0.355 e. The molecule has 1 aliphatic heterocycles. The normalized spacial score (nSPS) is 18.4. The predicted octanol–water partition coefficient (Wildman–Crippen LogP) is 3.54. The monoisotopic (exact) mass is 333 g/mol. The second-order valence-electron chi connectivity index (χ2n) is 5.33. The topological polar surface area (TPSA) is 76.0 Å². The third kappa shape index (κ3) is 3.90. The van der Waals surface area contributed by atoms with E-state index in [9.17, 15) is 14.7 Å². The third-order valence-corrected chi connectivity index (χ3v) is 3.60. The van der Waals surface area contributed by atoms with Gasteiger partial charge in [0.1, 0.15) is 6.61 Å². The fourth-order valence-corrected chi connectivity index (χ4v) is 2.37. The molecule has 0 spiro atoms. The van der Waals surface area contributed by atoms with Crippen LogP contribution in [-0.2, 0) is 20.9 Å². The summed E-state index contributed by atoms with van der Waals surface area (Å²) < 4.78 is 5.25. The molecule has 25 heavy (non-hydrogen) atoms. The summed E-state index contributed by atoms with van der Waals surface area (Å²) in [5.74, 6) is -2.01. The number of hydrogen-bond acceptors (Lipinski definition) is 4. The number of carbonyl (C=O) groups is 2. The van der Waals surface area contributed by atoms with Crippen molar-refractivity contribution in [3.8, 4) is 0 Å². The van der Waals surface area contributed by atoms with Crippen LogP contribution in [0.2, 0.25) is 0 Å². The average Bonchev–Trinajstić information content (AvgIpc) is 2.61. The molecule has 0 unspecified atom stereocenters. The lowest BCUT2D eigenvalue weighted by molar-refractivity contribution is -0.140. The first-order valence-corrected chi connectivity index (χ1v) is 7.66. The van der Waals surface area contributed by atoms with Crippen LogP contribution in [0.5, 0.6) is 0 Å². The Bertz CT molecular complexity index is 895. The minimum atomic E-state index is -1.28. The van der Waals surface area contributed by atoms with E-state index < -0.39 is 11.9 Å². The highest BCUT2D eigenvalue weighted by molar-refractivity contribution is 6.49. The predicted molar refractivity (Wildman–Crippen MR) is 94.5 cm³/mol. The Labute approximate surface area is 144 Å². The Morgan fingerprint density at radius 3 is 2.48 bits per heavy atom. The first-order valence-electron chi connectivity index (χ1n) is 7.66. The molecule has 0 radical (unpaired) electrons. The Morgan fingerprint density at radius 2 is 1.72 bits per heavy atom. The van der Waals surface area contributed by atoms with Gasteiger partial charge in [0.2, 0.25) is 0 Å². The van der Waals surface area contributed by atoms with Crippen LogP contribution in [0, 0.1) is 0 Å². The number of carbonyl (C=O) groups excluding carboxylic acids is 1. The summed E-state index contributed by atoms with van der Waals surface area (Å²) in [6, 6.07) is 16.3. The number of aliphatic imine (C=N–C) groups is 1. The second-order valence-corrected chi connectivity index (χ2v) is 5.33. The van der Waals surface area contributed by atoms with Crippen LogP contribution in [-0.4, -0.2) is 22.8 Å². The van der Waals surface area contributed by atoms with Crippen LogP contribution in [0.15, 0.2) is 77.3 Å². The zero-order valence-electron chi connectivity index (χ0n) is 13.3. The van der Waals surface area contributed by atoms with Crippen LogP contribution < -0.4 is 0 Å². The fourth-order valence-electron chi connectivity index (χ4n) is 2.37. The van der Waals surface area contributed by atoms with E-state index in [-0.39, 0.29) is 17.9 Å². The molecule has 1 heterocycles. The molecule has 5 nitrogen and oxygen atoms in total. The smallest absolute Gasteiger partial charge is 0.355 e. The van der Waals surface area contributed by atoms with E-state index >= 15 is 0 Å². The zero-order valence-corrected chi connectivity index (χ0v) is 13.3. The minimum Gasteiger partial charge on any atom is -0.476 e. The molecule has 3 rings (SSSR count). The van der Waals surface area contributed by atoms with Crippen molar-refractivity contribution in [1.82, 2.24) is 0 Å². The summed E-state index contributed by atoms with van der Waals surface area (Å²) in [6.45, 7) is 0.0597. The van der Waals surface area contributed by atoms with Crippen molar-refractivity contribution in [2.45, 2.75) is 6.61 Å². The average molecular weight is 333 g/mol. The lowest BCUT2D eigenvalue weighted by Gasteiger charge is -2.11. The van der Waals surface area contributed by atoms with Crippen molar-refractivity contribution in [2.24, 2.45) is 4.99 Å². The van der Waals surface area contributed by atoms with Gasteiger partial charge in [-0.1, -0.05) is 60.7 Å². The molecule has 0 aromatic heterocycles. The van der Waals surface area contributed by atoms with E-state index in [4.69, 9.17) is 4.74 Å². The van der Waals surface area contributed by atoms with Gasteiger partial charge >= 0.3 is 11.9 Å². The van der Waals surface area contributed by atoms with Gasteiger partial charge in [0.15, 0.2) is 5.71 Å². The number of hydrogen-bond donors (Lipinski definition) is 1. The Hall–Kier alpha value is -3.47. The first-order chi connectivity index (χ1) is 12.1. The van der Waals surface area contributed by atoms with Crippen molar-refractivity contribution in [2.75, 3.05) is 0 Å². The van der Waals surface area contributed by atoms with Gasteiger partial charge in [-0.3, -0.25) is 0 Å². The van der Waals surface area contributed by atoms with Crippen molar-refractivity contribution >= 4 is 29.4 Å². The minimum absolute atomic E-state index is 0.0597. The molecule has 0 saturated heterocycles. The van der Waals surface area contributed by atoms with Gasteiger partial charge in [0.05, 0.1) is 11.3 Å². The van der Waals surface area contributed by atoms with Crippen LogP contribution in [0.1, 0.15) is 11.1 Å². The van der Waals surface area contributed by atoms with Gasteiger partial charge < -0.3 is 9.84 Å². The Morgan fingerprint density at radius 1 is 1.00 bits per heavy atom. The standard InChI is InChI=1S/C20H15NO4/c22-19(23)18-16(20(24)25-13-14-7-2-1-3-8-14)11-6-10-15-9-4-5-12-17(15)21-18/h1-12H,13H2,(H,22,23)/b10-6-,11-6?,15-10?,16-11+,18-16?,21-17?,21-18+. The lowest BCUT2D eigenvalue weighted by Crippen LogP contribution is -2.23. The summed E-state index contributed by atoms with van der Waals surface area (Å²) in [6.07, 6.45) is 4.80. The molecular weight excluding hydrogens is 318 g/mol. The Balaban J connectivity index is 1.89. The number of benzene rings is 2. The number of para-hydroxylation sites is 1. The number of carboxylic acid groups (broad SMARTS) is 1. The molecule has 0 aliphatic carbocycles. The van der Waals surface area contributed by atoms with E-state index in [1.165, 1.54) is 6.08 Å². The van der Waals surface area contributed by atoms with Gasteiger partial charge in [-0.15, -0.1) is 0 Å². The molecule has 0 amide bonds. The molecule has 1 N–H and O–H groups in total. The Kier molecular flexibility index (Phi) is 4.85. The summed E-state index contributed by atoms with van der Waals surface area (Å²) in [7, 11) is 0. The van der Waals surface area contributed by atoms with Crippen LogP contribution >= 0.6 is 0 Å². The van der Waals surface area contributed by atoms with E-state index in [0.717, 1.165) is 11.1 Å². The number of esters is 1. The number of aliphatic carboxylic acids is 1. The molecule has 0 fully saturated rings. The SMILES string of the molecule is O=C(OCc1ccccc1)C1=C/C=C\c2ccccc2/N=C\1C(=O)O. The number of fused-ring (bicyclic) bond motifs is 1. The highest BCUT2D eigenvalue weighted by Crippen LogP contribution is 2.24. The molecule has 0 bridgehead atoms. The van der Waals surface area contributed by atoms with Crippen molar-refractivity contribution in [3.63, 3.8) is 0 Å². The number of carboxylic acids is 1. The summed E-state index contributed by atoms with van der Waals surface area (Å²) in [4.78, 5) is 28.2. The van der Waals surface area contributed by atoms with Crippen molar-refractivity contribution in [1.29, 1.82) is 0 Å². The number of rotatable bonds is 4. The molecular formula is C20H15NO4. The summed E-state index contributed by atoms with van der Waals surface area (Å²) >= 11 is 0. The number of ether oxygens (including phenoxy) is 1. The highest BCUT2D eigenvalue weighted by Gasteiger charge is 2.24. The van der Waals surface area contributed by atoms with Gasteiger partial charge in [-0.25, -0.2) is 14.6 Å². The van der Waals surface area contributed by atoms with Crippen molar-refractivity contribution in [3.05, 3.63) is 83.4 Å². The first kappa shape index (κ1) is 16.4. The molecule has 124 valence electrons. The number of nitrogens with zero attached hydrogens (tertiary/aromatic N) is 1. The fraction of sp³-hybridized carbons (Fsp3) is 0.0500. The van der Waals surface area contributed by atoms with Crippen molar-refractivity contribution < 1.29 is 19.4 Å². The van der Waals surface area contributed by atoms with Gasteiger partial charge in [-0.05, 0) is 17.7 Å². The summed E-state index contributed by atoms with van der Waals surface area (Å²) in [5, 5.41) is 9.48. The van der Waals surface area contributed by atoms with E-state index in [2.05, 4.69) is 4.99 Å². The number of allylic oxidation sites excluding steroid dienone is 2. The molecule has 1 aliphatic rings. The maximum absolute atomic E-state index is 12.4. The summed E-state index contributed by atoms with van der Waals surface area (Å²) in [5.41, 5.74) is 1.65. The molecule has 2 aromatic carbocycles. The van der Waals surface area contributed by atoms with Gasteiger partial charge in [0, 0.05) is 5.56 Å². The van der Waals surface area contributed by atoms with Gasteiger partial charge in [-0.2, -0.15) is 0 Å². The van der Waals surface area contributed by atoms with E-state index in [1.54, 1.807) is 24.3 Å². The second kappa shape index (κ2) is 7.40. The third-order valence-electron chi connectivity index (χ3n) is 3.60. The molecule has 2 aromatic rings. The van der Waals surface area contributed by atoms with Crippen LogP contribution in [0.3, 0.4) is 0 Å².